The molecule has 5 rings (SSSR count). The normalized spacial score (nSPS) is 19.6. The molecule has 6 nitrogen and oxygen atoms in total. The fraction of sp³-hybridized carbons (Fsp3) is 0.381. The molecule has 1 unspecified atom stereocenters. The third kappa shape index (κ3) is 3.05. The van der Waals surface area contributed by atoms with Gasteiger partial charge in [-0.25, -0.2) is 9.97 Å². The number of oxazole rings is 1. The van der Waals surface area contributed by atoms with Crippen LogP contribution >= 0.6 is 0 Å². The van der Waals surface area contributed by atoms with Gasteiger partial charge in [-0.2, -0.15) is 0 Å². The van der Waals surface area contributed by atoms with Gasteiger partial charge in [-0.1, -0.05) is 12.1 Å². The Kier molecular flexibility index (Phi) is 4.03. The number of hydrogen-bond donors (Lipinski definition) is 0. The third-order valence-corrected chi connectivity index (χ3v) is 5.38. The van der Waals surface area contributed by atoms with E-state index in [1.54, 1.807) is 6.20 Å². The Bertz CT molecular complexity index is 964. The van der Waals surface area contributed by atoms with Crippen LogP contribution in [-0.4, -0.2) is 40.5 Å². The van der Waals surface area contributed by atoms with Crippen molar-refractivity contribution in [2.24, 2.45) is 0 Å². The zero-order valence-corrected chi connectivity index (χ0v) is 15.1. The summed E-state index contributed by atoms with van der Waals surface area (Å²) in [4.78, 5) is 23.9. The van der Waals surface area contributed by atoms with Crippen molar-refractivity contribution in [3.63, 3.8) is 0 Å². The van der Waals surface area contributed by atoms with Crippen LogP contribution in [0.2, 0.25) is 0 Å². The van der Waals surface area contributed by atoms with E-state index in [1.165, 1.54) is 0 Å². The minimum atomic E-state index is -0.0239. The molecule has 0 aliphatic carbocycles. The van der Waals surface area contributed by atoms with E-state index in [0.29, 0.717) is 12.2 Å². The predicted octanol–water partition coefficient (Wildman–Crippen LogP) is 3.57. The summed E-state index contributed by atoms with van der Waals surface area (Å²) in [6, 6.07) is 9.67. The van der Waals surface area contributed by atoms with Crippen molar-refractivity contribution >= 4 is 17.0 Å². The molecule has 6 heteroatoms. The molecule has 0 saturated carbocycles. The number of carbonyl (C=O) groups excluding carboxylic acids is 1. The van der Waals surface area contributed by atoms with E-state index in [2.05, 4.69) is 9.97 Å². The van der Waals surface area contributed by atoms with Crippen molar-refractivity contribution in [3.05, 3.63) is 53.7 Å². The number of rotatable bonds is 2. The first kappa shape index (κ1) is 16.3. The van der Waals surface area contributed by atoms with E-state index in [1.807, 2.05) is 35.2 Å². The Hall–Kier alpha value is -2.89. The van der Waals surface area contributed by atoms with E-state index in [9.17, 15) is 4.79 Å². The lowest BCUT2D eigenvalue weighted by Gasteiger charge is -2.31. The molecule has 1 fully saturated rings. The van der Waals surface area contributed by atoms with Gasteiger partial charge in [0, 0.05) is 13.1 Å². The van der Waals surface area contributed by atoms with Gasteiger partial charge in [0.1, 0.15) is 17.0 Å². The lowest BCUT2D eigenvalue weighted by molar-refractivity contribution is 0.0692. The van der Waals surface area contributed by atoms with E-state index in [4.69, 9.17) is 9.15 Å². The number of pyridine rings is 1. The standard InChI is InChI=1S/C21H21N3O3/c25-21(17-11-14-6-4-10-26-19(14)12-22-17)24-9-3-5-15(13-24)20-23-16-7-1-2-8-18(16)27-20/h1-2,7-8,11-12,15H,3-6,9-10,13H2. The van der Waals surface area contributed by atoms with Gasteiger partial charge in [-0.15, -0.1) is 0 Å². The molecule has 2 aliphatic heterocycles. The Labute approximate surface area is 157 Å². The van der Waals surface area contributed by atoms with Crippen LogP contribution < -0.4 is 4.74 Å². The quantitative estimate of drug-likeness (QED) is 0.696. The summed E-state index contributed by atoms with van der Waals surface area (Å²) >= 11 is 0. The maximum Gasteiger partial charge on any atom is 0.272 e. The molecule has 2 aliphatic rings. The van der Waals surface area contributed by atoms with E-state index >= 15 is 0 Å². The van der Waals surface area contributed by atoms with Crippen molar-refractivity contribution in [3.8, 4) is 5.75 Å². The lowest BCUT2D eigenvalue weighted by atomic mass is 9.97. The zero-order valence-electron chi connectivity index (χ0n) is 15.1. The SMILES string of the molecule is O=C(c1cc2c(cn1)OCCC2)N1CCCC(c2nc3ccccc3o2)C1. The first-order chi connectivity index (χ1) is 13.3. The number of likely N-dealkylation sites (tertiary alicyclic amines) is 1. The molecular weight excluding hydrogens is 342 g/mol. The summed E-state index contributed by atoms with van der Waals surface area (Å²) in [6.07, 6.45) is 5.51. The second-order valence-corrected chi connectivity index (χ2v) is 7.24. The molecule has 1 saturated heterocycles. The molecule has 138 valence electrons. The van der Waals surface area contributed by atoms with E-state index < -0.39 is 0 Å². The summed E-state index contributed by atoms with van der Waals surface area (Å²) in [5.41, 5.74) is 3.24. The molecule has 1 aromatic carbocycles. The van der Waals surface area contributed by atoms with Crippen LogP contribution in [0.15, 0.2) is 40.9 Å². The highest BCUT2D eigenvalue weighted by atomic mass is 16.5. The number of para-hydroxylation sites is 2. The maximum absolute atomic E-state index is 13.0. The molecular formula is C21H21N3O3. The first-order valence-corrected chi connectivity index (χ1v) is 9.54. The number of carbonyl (C=O) groups is 1. The maximum atomic E-state index is 13.0. The van der Waals surface area contributed by atoms with Crippen molar-refractivity contribution in [2.45, 2.75) is 31.6 Å². The second kappa shape index (κ2) is 6.68. The molecule has 27 heavy (non-hydrogen) atoms. The number of fused-ring (bicyclic) bond motifs is 2. The van der Waals surface area contributed by atoms with Crippen molar-refractivity contribution in [1.29, 1.82) is 0 Å². The fourth-order valence-corrected chi connectivity index (χ4v) is 3.96. The number of hydrogen-bond acceptors (Lipinski definition) is 5. The van der Waals surface area contributed by atoms with Crippen LogP contribution in [0.5, 0.6) is 5.75 Å². The van der Waals surface area contributed by atoms with Gasteiger partial charge in [0.05, 0.1) is 18.7 Å². The minimum absolute atomic E-state index is 0.0239. The monoisotopic (exact) mass is 363 g/mol. The van der Waals surface area contributed by atoms with E-state index in [-0.39, 0.29) is 11.8 Å². The summed E-state index contributed by atoms with van der Waals surface area (Å²) in [7, 11) is 0. The van der Waals surface area contributed by atoms with Crippen molar-refractivity contribution < 1.29 is 13.9 Å². The topological polar surface area (TPSA) is 68.5 Å². The molecule has 0 radical (unpaired) electrons. The Morgan fingerprint density at radius 2 is 2.15 bits per heavy atom. The largest absolute Gasteiger partial charge is 0.492 e. The number of aromatic nitrogens is 2. The highest BCUT2D eigenvalue weighted by Crippen LogP contribution is 2.30. The summed E-state index contributed by atoms with van der Waals surface area (Å²) in [6.45, 7) is 2.08. The van der Waals surface area contributed by atoms with Crippen LogP contribution in [0.25, 0.3) is 11.1 Å². The molecule has 0 N–H and O–H groups in total. The van der Waals surface area contributed by atoms with E-state index in [0.717, 1.165) is 67.1 Å². The summed E-state index contributed by atoms with van der Waals surface area (Å²) < 4.78 is 11.5. The minimum Gasteiger partial charge on any atom is -0.492 e. The van der Waals surface area contributed by atoms with Gasteiger partial charge < -0.3 is 14.1 Å². The molecule has 1 amide bonds. The Morgan fingerprint density at radius 1 is 1.22 bits per heavy atom. The molecule has 0 spiro atoms. The van der Waals surface area contributed by atoms with Crippen LogP contribution in [-0.2, 0) is 6.42 Å². The van der Waals surface area contributed by atoms with Crippen LogP contribution in [0, 0.1) is 0 Å². The number of nitrogens with zero attached hydrogens (tertiary/aromatic N) is 3. The number of amides is 1. The highest BCUT2D eigenvalue weighted by Gasteiger charge is 2.29. The van der Waals surface area contributed by atoms with Gasteiger partial charge in [0.25, 0.3) is 5.91 Å². The molecule has 3 aromatic rings. The number of aryl methyl sites for hydroxylation is 1. The summed E-state index contributed by atoms with van der Waals surface area (Å²) in [5.74, 6) is 1.63. The number of ether oxygens (including phenoxy) is 1. The fourth-order valence-electron chi connectivity index (χ4n) is 3.96. The number of piperidine rings is 1. The second-order valence-electron chi connectivity index (χ2n) is 7.24. The van der Waals surface area contributed by atoms with Gasteiger partial charge in [-0.3, -0.25) is 4.79 Å². The molecule has 4 heterocycles. The molecule has 1 atom stereocenters. The average Bonchev–Trinajstić information content (AvgIpc) is 3.17. The van der Waals surface area contributed by atoms with Crippen molar-refractivity contribution in [2.75, 3.05) is 19.7 Å². The van der Waals surface area contributed by atoms with Crippen molar-refractivity contribution in [1.82, 2.24) is 14.9 Å². The number of benzene rings is 1. The Morgan fingerprint density at radius 3 is 3.07 bits per heavy atom. The first-order valence-electron chi connectivity index (χ1n) is 9.54. The van der Waals surface area contributed by atoms with Gasteiger partial charge in [-0.05, 0) is 49.4 Å². The van der Waals surface area contributed by atoms with Crippen LogP contribution in [0.3, 0.4) is 0 Å². The van der Waals surface area contributed by atoms with Crippen LogP contribution in [0.4, 0.5) is 0 Å². The van der Waals surface area contributed by atoms with Gasteiger partial charge in [0.15, 0.2) is 11.5 Å². The zero-order chi connectivity index (χ0) is 18.2. The van der Waals surface area contributed by atoms with Crippen LogP contribution in [0.1, 0.15) is 47.1 Å². The molecule has 2 aromatic heterocycles. The Balaban J connectivity index is 1.36. The summed E-state index contributed by atoms with van der Waals surface area (Å²) in [5, 5.41) is 0. The lowest BCUT2D eigenvalue weighted by Crippen LogP contribution is -2.39. The molecule has 0 bridgehead atoms. The van der Waals surface area contributed by atoms with Gasteiger partial charge >= 0.3 is 0 Å². The average molecular weight is 363 g/mol. The highest BCUT2D eigenvalue weighted by molar-refractivity contribution is 5.92. The third-order valence-electron chi connectivity index (χ3n) is 5.38. The van der Waals surface area contributed by atoms with Gasteiger partial charge in [0.2, 0.25) is 0 Å². The predicted molar refractivity (Wildman–Crippen MR) is 99.9 cm³/mol. The smallest absolute Gasteiger partial charge is 0.272 e.